The minimum absolute atomic E-state index is 0.558. The summed E-state index contributed by atoms with van der Waals surface area (Å²) in [6.45, 7) is 15.0. The van der Waals surface area contributed by atoms with E-state index in [0.29, 0.717) is 12.2 Å². The van der Waals surface area contributed by atoms with Gasteiger partial charge in [-0.25, -0.2) is 9.59 Å². The molecule has 44 heavy (non-hydrogen) atoms. The molecule has 0 atom stereocenters. The van der Waals surface area contributed by atoms with Crippen molar-refractivity contribution in [1.29, 1.82) is 0 Å². The lowest BCUT2D eigenvalue weighted by atomic mass is 9.98. The summed E-state index contributed by atoms with van der Waals surface area (Å²) in [5.41, 5.74) is 12.5. The molecule has 0 aliphatic carbocycles. The zero-order chi connectivity index (χ0) is 31.6. The highest BCUT2D eigenvalue weighted by atomic mass is 16.4. The predicted molar refractivity (Wildman–Crippen MR) is 173 cm³/mol. The third kappa shape index (κ3) is 9.42. The molecule has 2 aromatic carbocycles. The SMILES string of the molecule is Cc1cccc(-c2cc(CN3CCN(Cc4ccnc(-c5cc(C)c(C)c(C)c5)c4)CC3)ccn2)c1.O=C(O)/C=C\C(=O)O. The first-order valence-electron chi connectivity index (χ1n) is 14.7. The van der Waals surface area contributed by atoms with Crippen LogP contribution in [0.15, 0.2) is 85.2 Å². The van der Waals surface area contributed by atoms with Gasteiger partial charge in [0.25, 0.3) is 0 Å². The molecule has 228 valence electrons. The van der Waals surface area contributed by atoms with Crippen molar-refractivity contribution in [2.45, 2.75) is 40.8 Å². The van der Waals surface area contributed by atoms with E-state index in [0.717, 1.165) is 50.7 Å². The zero-order valence-electron chi connectivity index (χ0n) is 25.8. The van der Waals surface area contributed by atoms with Gasteiger partial charge in [0, 0.05) is 74.9 Å². The third-order valence-corrected chi connectivity index (χ3v) is 7.83. The molecule has 0 amide bonds. The molecule has 4 aromatic rings. The van der Waals surface area contributed by atoms with E-state index in [9.17, 15) is 9.59 Å². The lowest BCUT2D eigenvalue weighted by Crippen LogP contribution is -2.45. The van der Waals surface area contributed by atoms with Gasteiger partial charge < -0.3 is 10.2 Å². The number of nitrogens with zero attached hydrogens (tertiary/aromatic N) is 4. The van der Waals surface area contributed by atoms with Crippen LogP contribution in [0.3, 0.4) is 0 Å². The number of carboxylic acid groups (broad SMARTS) is 2. The Bertz CT molecular complexity index is 1600. The summed E-state index contributed by atoms with van der Waals surface area (Å²) in [7, 11) is 0. The molecule has 0 bridgehead atoms. The van der Waals surface area contributed by atoms with Crippen LogP contribution in [-0.4, -0.2) is 68.1 Å². The number of aliphatic carboxylic acids is 2. The predicted octanol–water partition coefficient (Wildman–Crippen LogP) is 6.07. The highest BCUT2D eigenvalue weighted by Crippen LogP contribution is 2.25. The second-order valence-corrected chi connectivity index (χ2v) is 11.3. The minimum atomic E-state index is -1.26. The largest absolute Gasteiger partial charge is 0.478 e. The Balaban J connectivity index is 0.000000488. The van der Waals surface area contributed by atoms with Gasteiger partial charge in [-0.3, -0.25) is 19.8 Å². The van der Waals surface area contributed by atoms with Crippen molar-refractivity contribution in [1.82, 2.24) is 19.8 Å². The summed E-state index contributed by atoms with van der Waals surface area (Å²) < 4.78 is 0. The summed E-state index contributed by atoms with van der Waals surface area (Å²) in [6, 6.07) is 21.9. The van der Waals surface area contributed by atoms with Crippen LogP contribution in [0.25, 0.3) is 22.5 Å². The molecule has 1 aliphatic rings. The first kappa shape index (κ1) is 32.3. The maximum absolute atomic E-state index is 9.55. The van der Waals surface area contributed by atoms with E-state index in [4.69, 9.17) is 10.2 Å². The fourth-order valence-electron chi connectivity index (χ4n) is 5.21. The summed E-state index contributed by atoms with van der Waals surface area (Å²) in [6.07, 6.45) is 5.02. The summed E-state index contributed by atoms with van der Waals surface area (Å²) in [5, 5.41) is 15.6. The molecule has 1 fully saturated rings. The van der Waals surface area contributed by atoms with E-state index < -0.39 is 11.9 Å². The summed E-state index contributed by atoms with van der Waals surface area (Å²) >= 11 is 0. The van der Waals surface area contributed by atoms with E-state index in [1.165, 1.54) is 44.5 Å². The molecule has 0 radical (unpaired) electrons. The van der Waals surface area contributed by atoms with Gasteiger partial charge in [-0.2, -0.15) is 0 Å². The van der Waals surface area contributed by atoms with Crippen molar-refractivity contribution in [3.05, 3.63) is 119 Å². The van der Waals surface area contributed by atoms with Gasteiger partial charge in [0.1, 0.15) is 0 Å². The van der Waals surface area contributed by atoms with Gasteiger partial charge in [0.2, 0.25) is 0 Å². The van der Waals surface area contributed by atoms with Crippen LogP contribution in [-0.2, 0) is 22.7 Å². The molecule has 8 nitrogen and oxygen atoms in total. The number of pyridine rings is 2. The maximum atomic E-state index is 9.55. The fraction of sp³-hybridized carbons (Fsp3) is 0.278. The summed E-state index contributed by atoms with van der Waals surface area (Å²) in [4.78, 5) is 33.5. The van der Waals surface area contributed by atoms with Crippen LogP contribution in [0.1, 0.15) is 33.4 Å². The van der Waals surface area contributed by atoms with Crippen LogP contribution in [0.2, 0.25) is 0 Å². The first-order chi connectivity index (χ1) is 21.1. The average Bonchev–Trinajstić information content (AvgIpc) is 3.00. The Morgan fingerprint density at radius 3 is 1.61 bits per heavy atom. The standard InChI is InChI=1S/C32H36N4.C4H4O4/c1-23-6-5-7-29(16-23)31-19-27(8-10-33-31)21-35-12-14-36(15-13-35)22-28-9-11-34-32(20-28)30-17-24(2)26(4)25(3)18-30;5-3(6)1-2-4(7)8/h5-11,16-20H,12-15,21-22H2,1-4H3;1-2H,(H,5,6)(H,7,8)/b;2-1-. The molecule has 2 aromatic heterocycles. The molecular formula is C36H40N4O4. The Hall–Kier alpha value is -4.66. The fourth-order valence-corrected chi connectivity index (χ4v) is 5.21. The number of hydrogen-bond donors (Lipinski definition) is 2. The normalized spacial score (nSPS) is 13.8. The number of aromatic nitrogens is 2. The number of hydrogen-bond acceptors (Lipinski definition) is 6. The number of piperazine rings is 1. The Morgan fingerprint density at radius 2 is 1.16 bits per heavy atom. The van der Waals surface area contributed by atoms with Crippen molar-refractivity contribution in [2.75, 3.05) is 26.2 Å². The van der Waals surface area contributed by atoms with Gasteiger partial charge in [0.15, 0.2) is 0 Å². The zero-order valence-corrected chi connectivity index (χ0v) is 25.8. The Labute approximate surface area is 259 Å². The monoisotopic (exact) mass is 592 g/mol. The lowest BCUT2D eigenvalue weighted by Gasteiger charge is -2.34. The highest BCUT2D eigenvalue weighted by Gasteiger charge is 2.18. The van der Waals surface area contributed by atoms with Crippen molar-refractivity contribution < 1.29 is 19.8 Å². The highest BCUT2D eigenvalue weighted by molar-refractivity contribution is 5.89. The molecule has 0 unspecified atom stereocenters. The quantitative estimate of drug-likeness (QED) is 0.237. The molecule has 0 spiro atoms. The first-order valence-corrected chi connectivity index (χ1v) is 14.7. The molecule has 0 saturated carbocycles. The van der Waals surface area contributed by atoms with Crippen LogP contribution in [0.5, 0.6) is 0 Å². The molecule has 2 N–H and O–H groups in total. The summed E-state index contributed by atoms with van der Waals surface area (Å²) in [5.74, 6) is -2.51. The van der Waals surface area contributed by atoms with E-state index in [1.54, 1.807) is 0 Å². The lowest BCUT2D eigenvalue weighted by molar-refractivity contribution is -0.134. The second kappa shape index (κ2) is 15.2. The number of benzene rings is 2. The third-order valence-electron chi connectivity index (χ3n) is 7.83. The van der Waals surface area contributed by atoms with Gasteiger partial charge in [-0.1, -0.05) is 23.8 Å². The van der Waals surface area contributed by atoms with E-state index in [-0.39, 0.29) is 0 Å². The average molecular weight is 593 g/mol. The number of carbonyl (C=O) groups is 2. The van der Waals surface area contributed by atoms with E-state index in [1.807, 2.05) is 12.4 Å². The molecule has 1 aliphatic heterocycles. The van der Waals surface area contributed by atoms with Crippen molar-refractivity contribution in [2.24, 2.45) is 0 Å². The van der Waals surface area contributed by atoms with Crippen molar-refractivity contribution >= 4 is 11.9 Å². The molecule has 5 rings (SSSR count). The number of aryl methyl sites for hydroxylation is 3. The van der Waals surface area contributed by atoms with E-state index in [2.05, 4.69) is 108 Å². The van der Waals surface area contributed by atoms with Gasteiger partial charge in [0.05, 0.1) is 11.4 Å². The maximum Gasteiger partial charge on any atom is 0.328 e. The molecule has 3 heterocycles. The molecule has 8 heteroatoms. The Morgan fingerprint density at radius 1 is 0.682 bits per heavy atom. The van der Waals surface area contributed by atoms with E-state index >= 15 is 0 Å². The Kier molecular flexibility index (Phi) is 11.1. The minimum Gasteiger partial charge on any atom is -0.478 e. The second-order valence-electron chi connectivity index (χ2n) is 11.3. The number of carboxylic acids is 2. The number of rotatable bonds is 8. The van der Waals surface area contributed by atoms with Gasteiger partial charge in [-0.05, 0) is 98.0 Å². The molecular weight excluding hydrogens is 552 g/mol. The van der Waals surface area contributed by atoms with Crippen LogP contribution in [0.4, 0.5) is 0 Å². The molecule has 1 saturated heterocycles. The van der Waals surface area contributed by atoms with Gasteiger partial charge in [-0.15, -0.1) is 0 Å². The van der Waals surface area contributed by atoms with Gasteiger partial charge >= 0.3 is 11.9 Å². The van der Waals surface area contributed by atoms with Crippen molar-refractivity contribution in [3.63, 3.8) is 0 Å². The van der Waals surface area contributed by atoms with Crippen LogP contribution in [0, 0.1) is 27.7 Å². The van der Waals surface area contributed by atoms with Crippen LogP contribution < -0.4 is 0 Å². The topological polar surface area (TPSA) is 107 Å². The smallest absolute Gasteiger partial charge is 0.328 e. The van der Waals surface area contributed by atoms with Crippen LogP contribution >= 0.6 is 0 Å². The van der Waals surface area contributed by atoms with Crippen molar-refractivity contribution in [3.8, 4) is 22.5 Å².